The molecule has 0 saturated carbocycles. The van der Waals surface area contributed by atoms with Gasteiger partial charge in [-0.15, -0.1) is 0 Å². The van der Waals surface area contributed by atoms with Crippen molar-refractivity contribution in [3.63, 3.8) is 0 Å². The summed E-state index contributed by atoms with van der Waals surface area (Å²) in [5.41, 5.74) is 5.94. The zero-order chi connectivity index (χ0) is 14.3. The Morgan fingerprint density at radius 1 is 1.26 bits per heavy atom. The number of carbonyl (C=O) groups excluding carboxylic acids is 1. The molecule has 19 heavy (non-hydrogen) atoms. The maximum absolute atomic E-state index is 12.2. The fourth-order valence-corrected chi connectivity index (χ4v) is 1.73. The Kier molecular flexibility index (Phi) is 5.83. The van der Waals surface area contributed by atoms with E-state index in [0.717, 1.165) is 6.42 Å². The summed E-state index contributed by atoms with van der Waals surface area (Å²) in [6.07, 6.45) is 2.13. The van der Waals surface area contributed by atoms with Gasteiger partial charge in [0.05, 0.1) is 17.8 Å². The molecule has 1 aromatic rings. The molecular weight excluding hydrogens is 240 g/mol. The molecule has 0 spiro atoms. The van der Waals surface area contributed by atoms with Crippen LogP contribution in [0.5, 0.6) is 5.75 Å². The topological polar surface area (TPSA) is 64.3 Å². The summed E-state index contributed by atoms with van der Waals surface area (Å²) in [5, 5.41) is 2.87. The predicted octanol–water partition coefficient (Wildman–Crippen LogP) is 2.93. The fraction of sp³-hybridized carbons (Fsp3) is 0.533. The van der Waals surface area contributed by atoms with E-state index in [-0.39, 0.29) is 5.91 Å². The van der Waals surface area contributed by atoms with Gasteiger partial charge < -0.3 is 15.8 Å². The van der Waals surface area contributed by atoms with E-state index in [2.05, 4.69) is 5.32 Å². The molecule has 0 atom stereocenters. The van der Waals surface area contributed by atoms with Crippen molar-refractivity contribution in [2.45, 2.75) is 45.6 Å². The number of benzene rings is 1. The van der Waals surface area contributed by atoms with Crippen LogP contribution >= 0.6 is 0 Å². The minimum Gasteiger partial charge on any atom is -0.491 e. The average molecular weight is 264 g/mol. The van der Waals surface area contributed by atoms with Gasteiger partial charge in [0.2, 0.25) is 5.91 Å². The highest BCUT2D eigenvalue weighted by Gasteiger charge is 2.30. The first-order chi connectivity index (χ1) is 9.07. The van der Waals surface area contributed by atoms with Gasteiger partial charge in [-0.05, 0) is 31.4 Å². The molecule has 4 nitrogen and oxygen atoms in total. The molecule has 0 aliphatic rings. The first-order valence-corrected chi connectivity index (χ1v) is 6.89. The summed E-state index contributed by atoms with van der Waals surface area (Å²) in [6, 6.07) is 7.43. The van der Waals surface area contributed by atoms with Gasteiger partial charge in [0, 0.05) is 0 Å². The third-order valence-corrected chi connectivity index (χ3v) is 3.31. The summed E-state index contributed by atoms with van der Waals surface area (Å²) < 4.78 is 5.61. The number of rotatable bonds is 7. The van der Waals surface area contributed by atoms with Gasteiger partial charge in [-0.25, -0.2) is 0 Å². The van der Waals surface area contributed by atoms with Crippen LogP contribution in [0.1, 0.15) is 40.0 Å². The van der Waals surface area contributed by atoms with Crippen LogP contribution in [0.3, 0.4) is 0 Å². The number of para-hydroxylation sites is 2. The fourth-order valence-electron chi connectivity index (χ4n) is 1.73. The van der Waals surface area contributed by atoms with Crippen molar-refractivity contribution in [3.8, 4) is 5.75 Å². The first kappa shape index (κ1) is 15.5. The monoisotopic (exact) mass is 264 g/mol. The quantitative estimate of drug-likeness (QED) is 0.796. The van der Waals surface area contributed by atoms with Crippen LogP contribution < -0.4 is 15.8 Å². The number of hydrogen-bond donors (Lipinski definition) is 2. The molecule has 4 heteroatoms. The third-order valence-electron chi connectivity index (χ3n) is 3.31. The van der Waals surface area contributed by atoms with Crippen molar-refractivity contribution in [2.24, 2.45) is 5.73 Å². The third kappa shape index (κ3) is 3.96. The van der Waals surface area contributed by atoms with E-state index in [9.17, 15) is 4.79 Å². The second-order valence-electron chi connectivity index (χ2n) is 4.66. The minimum absolute atomic E-state index is 0.162. The molecular formula is C15H24N2O2. The Morgan fingerprint density at radius 3 is 2.47 bits per heavy atom. The van der Waals surface area contributed by atoms with Gasteiger partial charge in [0.1, 0.15) is 5.75 Å². The number of nitrogens with one attached hydrogen (secondary N) is 1. The molecule has 1 amide bonds. The second kappa shape index (κ2) is 7.14. The predicted molar refractivity (Wildman–Crippen MR) is 78.4 cm³/mol. The van der Waals surface area contributed by atoms with Crippen LogP contribution in [-0.2, 0) is 4.79 Å². The summed E-state index contributed by atoms with van der Waals surface area (Å²) in [5.74, 6) is 0.525. The Hall–Kier alpha value is -1.55. The van der Waals surface area contributed by atoms with Gasteiger partial charge >= 0.3 is 0 Å². The minimum atomic E-state index is -0.822. The molecule has 0 aliphatic heterocycles. The lowest BCUT2D eigenvalue weighted by molar-refractivity contribution is -0.121. The van der Waals surface area contributed by atoms with Crippen molar-refractivity contribution < 1.29 is 9.53 Å². The molecule has 1 aromatic carbocycles. The molecule has 0 unspecified atom stereocenters. The summed E-state index contributed by atoms with van der Waals surface area (Å²) in [4.78, 5) is 12.2. The van der Waals surface area contributed by atoms with E-state index in [0.29, 0.717) is 30.9 Å². The lowest BCUT2D eigenvalue weighted by Gasteiger charge is -2.25. The van der Waals surface area contributed by atoms with Gasteiger partial charge in [-0.1, -0.05) is 32.9 Å². The highest BCUT2D eigenvalue weighted by molar-refractivity contribution is 5.98. The average Bonchev–Trinajstić information content (AvgIpc) is 2.45. The Labute approximate surface area is 115 Å². The van der Waals surface area contributed by atoms with E-state index in [1.165, 1.54) is 0 Å². The van der Waals surface area contributed by atoms with Gasteiger partial charge in [0.15, 0.2) is 0 Å². The molecule has 0 saturated heterocycles. The van der Waals surface area contributed by atoms with Crippen molar-refractivity contribution in [2.75, 3.05) is 11.9 Å². The summed E-state index contributed by atoms with van der Waals surface area (Å²) >= 11 is 0. The zero-order valence-corrected chi connectivity index (χ0v) is 12.0. The lowest BCUT2D eigenvalue weighted by Crippen LogP contribution is -2.50. The van der Waals surface area contributed by atoms with Crippen LogP contribution in [0, 0.1) is 0 Å². The maximum atomic E-state index is 12.2. The van der Waals surface area contributed by atoms with E-state index >= 15 is 0 Å². The Balaban J connectivity index is 2.84. The molecule has 0 radical (unpaired) electrons. The number of amides is 1. The van der Waals surface area contributed by atoms with Crippen LogP contribution in [0.25, 0.3) is 0 Å². The maximum Gasteiger partial charge on any atom is 0.244 e. The molecule has 0 heterocycles. The van der Waals surface area contributed by atoms with Gasteiger partial charge in [-0.2, -0.15) is 0 Å². The molecule has 106 valence electrons. The van der Waals surface area contributed by atoms with E-state index in [1.54, 1.807) is 0 Å². The summed E-state index contributed by atoms with van der Waals surface area (Å²) in [6.45, 7) is 6.51. The van der Waals surface area contributed by atoms with Crippen molar-refractivity contribution >= 4 is 11.6 Å². The zero-order valence-electron chi connectivity index (χ0n) is 12.0. The number of ether oxygens (including phenoxy) is 1. The highest BCUT2D eigenvalue weighted by Crippen LogP contribution is 2.25. The highest BCUT2D eigenvalue weighted by atomic mass is 16.5. The number of hydrogen-bond acceptors (Lipinski definition) is 3. The first-order valence-electron chi connectivity index (χ1n) is 6.89. The molecule has 0 fully saturated rings. The number of carbonyl (C=O) groups is 1. The van der Waals surface area contributed by atoms with E-state index in [4.69, 9.17) is 10.5 Å². The van der Waals surface area contributed by atoms with Crippen LogP contribution in [0.2, 0.25) is 0 Å². The standard InChI is InChI=1S/C15H24N2O2/c1-4-11-19-13-10-8-7-9-12(13)17-14(18)15(16,5-2)6-3/h7-10H,4-6,11,16H2,1-3H3,(H,17,18). The van der Waals surface area contributed by atoms with E-state index in [1.807, 2.05) is 45.0 Å². The summed E-state index contributed by atoms with van der Waals surface area (Å²) in [7, 11) is 0. The SMILES string of the molecule is CCCOc1ccccc1NC(=O)C(N)(CC)CC. The molecule has 1 rings (SSSR count). The van der Waals surface area contributed by atoms with Gasteiger partial charge in [0.25, 0.3) is 0 Å². The lowest BCUT2D eigenvalue weighted by atomic mass is 9.93. The molecule has 3 N–H and O–H groups in total. The van der Waals surface area contributed by atoms with Crippen LogP contribution in [0.15, 0.2) is 24.3 Å². The van der Waals surface area contributed by atoms with Crippen LogP contribution in [0.4, 0.5) is 5.69 Å². The molecule has 0 aromatic heterocycles. The van der Waals surface area contributed by atoms with E-state index < -0.39 is 5.54 Å². The Morgan fingerprint density at radius 2 is 1.89 bits per heavy atom. The number of nitrogens with two attached hydrogens (primary N) is 1. The Bertz CT molecular complexity index is 414. The number of anilines is 1. The van der Waals surface area contributed by atoms with Crippen molar-refractivity contribution in [1.29, 1.82) is 0 Å². The molecule has 0 aliphatic carbocycles. The van der Waals surface area contributed by atoms with Crippen molar-refractivity contribution in [1.82, 2.24) is 0 Å². The molecule has 0 bridgehead atoms. The largest absolute Gasteiger partial charge is 0.491 e. The second-order valence-corrected chi connectivity index (χ2v) is 4.66. The van der Waals surface area contributed by atoms with Gasteiger partial charge in [-0.3, -0.25) is 4.79 Å². The van der Waals surface area contributed by atoms with Crippen molar-refractivity contribution in [3.05, 3.63) is 24.3 Å². The van der Waals surface area contributed by atoms with Crippen LogP contribution in [-0.4, -0.2) is 18.1 Å². The normalized spacial score (nSPS) is 11.2. The smallest absolute Gasteiger partial charge is 0.244 e.